The fourth-order valence-corrected chi connectivity index (χ4v) is 3.38. The lowest BCUT2D eigenvalue weighted by molar-refractivity contribution is -0.384. The molecule has 0 unspecified atom stereocenters. The summed E-state index contributed by atoms with van der Waals surface area (Å²) in [4.78, 5) is 10.4. The quantitative estimate of drug-likeness (QED) is 0.401. The average molecular weight is 440 g/mol. The van der Waals surface area contributed by atoms with Crippen molar-refractivity contribution < 1.29 is 9.66 Å². The highest BCUT2D eigenvalue weighted by atomic mass is 79.9. The first-order chi connectivity index (χ1) is 11.0. The second-order valence-electron chi connectivity index (χ2n) is 4.53. The highest BCUT2D eigenvalue weighted by Gasteiger charge is 2.11. The molecule has 0 saturated carbocycles. The Hall–Kier alpha value is -2.04. The van der Waals surface area contributed by atoms with Gasteiger partial charge in [-0.2, -0.15) is 0 Å². The lowest BCUT2D eigenvalue weighted by Crippen LogP contribution is -2.05. The highest BCUT2D eigenvalue weighted by Crippen LogP contribution is 2.33. The zero-order valence-corrected chi connectivity index (χ0v) is 15.1. The predicted octanol–water partition coefficient (Wildman–Crippen LogP) is 4.74. The number of non-ortho nitro benzene ring substituents is 1. The van der Waals surface area contributed by atoms with Crippen LogP contribution >= 0.6 is 31.9 Å². The van der Waals surface area contributed by atoms with Crippen LogP contribution in [0.2, 0.25) is 0 Å². The number of benzene rings is 2. The van der Waals surface area contributed by atoms with E-state index < -0.39 is 4.92 Å². The minimum Gasteiger partial charge on any atom is -0.479 e. The number of nitrogens with zero attached hydrogens (tertiary/aromatic N) is 1. The molecular weight excluding hydrogens is 428 g/mol. The summed E-state index contributed by atoms with van der Waals surface area (Å²) in [5.41, 5.74) is 1.56. The fraction of sp³-hybridized carbons (Fsp3) is 0.125. The molecule has 0 saturated heterocycles. The number of rotatable bonds is 6. The maximum Gasteiger partial charge on any atom is 0.271 e. The Morgan fingerprint density at radius 1 is 1.30 bits per heavy atom. The van der Waals surface area contributed by atoms with E-state index in [0.29, 0.717) is 18.0 Å². The van der Waals surface area contributed by atoms with Crippen molar-refractivity contribution in [3.05, 3.63) is 61.0 Å². The molecule has 0 radical (unpaired) electrons. The van der Waals surface area contributed by atoms with Gasteiger partial charge in [-0.05, 0) is 34.1 Å². The van der Waals surface area contributed by atoms with Gasteiger partial charge in [0.05, 0.1) is 9.40 Å². The third kappa shape index (κ3) is 4.71. The summed E-state index contributed by atoms with van der Waals surface area (Å²) in [6, 6.07) is 10.1. The van der Waals surface area contributed by atoms with E-state index in [1.54, 1.807) is 12.1 Å². The van der Waals surface area contributed by atoms with Gasteiger partial charge in [0, 0.05) is 34.4 Å². The van der Waals surface area contributed by atoms with Gasteiger partial charge in [-0.25, -0.2) is 0 Å². The van der Waals surface area contributed by atoms with E-state index in [-0.39, 0.29) is 12.3 Å². The molecule has 2 aromatic rings. The van der Waals surface area contributed by atoms with E-state index >= 15 is 0 Å². The van der Waals surface area contributed by atoms with Gasteiger partial charge < -0.3 is 10.1 Å². The maximum absolute atomic E-state index is 10.8. The van der Waals surface area contributed by atoms with Crippen LogP contribution in [0.15, 0.2) is 45.3 Å². The maximum atomic E-state index is 10.8. The first-order valence-electron chi connectivity index (χ1n) is 6.53. The van der Waals surface area contributed by atoms with E-state index in [9.17, 15) is 10.1 Å². The van der Waals surface area contributed by atoms with Crippen LogP contribution in [-0.4, -0.2) is 11.5 Å². The Kier molecular flexibility index (Phi) is 6.02. The van der Waals surface area contributed by atoms with Crippen molar-refractivity contribution in [1.29, 1.82) is 0 Å². The van der Waals surface area contributed by atoms with Gasteiger partial charge in [0.2, 0.25) is 0 Å². The van der Waals surface area contributed by atoms with E-state index in [2.05, 4.69) is 43.1 Å². The summed E-state index contributed by atoms with van der Waals surface area (Å²) in [6.07, 6.45) is 5.24. The first kappa shape index (κ1) is 17.3. The number of hydrogen-bond donors (Lipinski definition) is 1. The molecule has 0 aliphatic carbocycles. The fourth-order valence-electron chi connectivity index (χ4n) is 1.95. The van der Waals surface area contributed by atoms with Crippen LogP contribution in [0.25, 0.3) is 0 Å². The van der Waals surface area contributed by atoms with E-state index in [1.165, 1.54) is 12.1 Å². The molecule has 0 heterocycles. The first-order valence-corrected chi connectivity index (χ1v) is 8.12. The summed E-state index contributed by atoms with van der Waals surface area (Å²) in [5, 5.41) is 14.0. The van der Waals surface area contributed by atoms with Gasteiger partial charge in [0.15, 0.2) is 0 Å². The Labute approximate surface area is 150 Å². The van der Waals surface area contributed by atoms with Crippen LogP contribution in [-0.2, 0) is 6.54 Å². The minimum absolute atomic E-state index is 0.0363. The van der Waals surface area contributed by atoms with E-state index in [0.717, 1.165) is 14.5 Å². The third-order valence-electron chi connectivity index (χ3n) is 2.93. The molecule has 2 aromatic carbocycles. The standard InChI is InChI=1S/C16H12Br2N2O3/c1-2-6-23-16-11(7-12(17)8-15(16)18)10-19-13-4-3-5-14(9-13)20(21)22/h1,3-5,7-9,19H,6,10H2. The number of anilines is 1. The van der Waals surface area contributed by atoms with Gasteiger partial charge >= 0.3 is 0 Å². The van der Waals surface area contributed by atoms with Crippen LogP contribution < -0.4 is 10.1 Å². The molecule has 0 aliphatic heterocycles. The zero-order valence-electron chi connectivity index (χ0n) is 11.9. The molecule has 0 fully saturated rings. The van der Waals surface area contributed by atoms with E-state index in [4.69, 9.17) is 11.2 Å². The zero-order chi connectivity index (χ0) is 16.8. The molecule has 1 N–H and O–H groups in total. The van der Waals surface area contributed by atoms with Gasteiger partial charge in [0.1, 0.15) is 12.4 Å². The summed E-state index contributed by atoms with van der Waals surface area (Å²) in [6.45, 7) is 0.586. The predicted molar refractivity (Wildman–Crippen MR) is 96.6 cm³/mol. The Bertz CT molecular complexity index is 772. The second-order valence-corrected chi connectivity index (χ2v) is 6.30. The molecule has 7 heteroatoms. The third-order valence-corrected chi connectivity index (χ3v) is 3.97. The van der Waals surface area contributed by atoms with Crippen molar-refractivity contribution in [3.63, 3.8) is 0 Å². The SMILES string of the molecule is C#CCOc1c(Br)cc(Br)cc1CNc1cccc([N+](=O)[O-])c1. The largest absolute Gasteiger partial charge is 0.479 e. The highest BCUT2D eigenvalue weighted by molar-refractivity contribution is 9.11. The molecule has 23 heavy (non-hydrogen) atoms. The number of halogens is 2. The van der Waals surface area contributed by atoms with Crippen molar-refractivity contribution in [1.82, 2.24) is 0 Å². The minimum atomic E-state index is -0.428. The molecule has 5 nitrogen and oxygen atoms in total. The molecule has 2 rings (SSSR count). The van der Waals surface area contributed by atoms with Crippen LogP contribution in [0.5, 0.6) is 5.75 Å². The topological polar surface area (TPSA) is 64.4 Å². The van der Waals surface area contributed by atoms with Crippen molar-refractivity contribution in [2.75, 3.05) is 11.9 Å². The molecule has 0 atom stereocenters. The van der Waals surface area contributed by atoms with Gasteiger partial charge in [-0.15, -0.1) is 6.42 Å². The second kappa shape index (κ2) is 7.99. The van der Waals surface area contributed by atoms with Crippen molar-refractivity contribution >= 4 is 43.2 Å². The van der Waals surface area contributed by atoms with Crippen LogP contribution in [0.3, 0.4) is 0 Å². The number of hydrogen-bond acceptors (Lipinski definition) is 4. The number of ether oxygens (including phenoxy) is 1. The number of terminal acetylenes is 1. The van der Waals surface area contributed by atoms with Crippen LogP contribution in [0, 0.1) is 22.5 Å². The number of nitro groups is 1. The van der Waals surface area contributed by atoms with Crippen LogP contribution in [0.1, 0.15) is 5.56 Å². The van der Waals surface area contributed by atoms with Gasteiger partial charge in [0.25, 0.3) is 5.69 Å². The molecule has 0 bridgehead atoms. The van der Waals surface area contributed by atoms with Gasteiger partial charge in [-0.1, -0.05) is 27.9 Å². The summed E-state index contributed by atoms with van der Waals surface area (Å²) in [7, 11) is 0. The Morgan fingerprint density at radius 3 is 2.78 bits per heavy atom. The molecule has 0 amide bonds. The molecular formula is C16H12Br2N2O3. The van der Waals surface area contributed by atoms with Crippen molar-refractivity contribution in [3.8, 4) is 18.1 Å². The Morgan fingerprint density at radius 2 is 2.09 bits per heavy atom. The molecule has 0 aromatic heterocycles. The lowest BCUT2D eigenvalue weighted by Gasteiger charge is -2.14. The van der Waals surface area contributed by atoms with Gasteiger partial charge in [-0.3, -0.25) is 10.1 Å². The average Bonchev–Trinajstić information content (AvgIpc) is 2.52. The van der Waals surface area contributed by atoms with Crippen molar-refractivity contribution in [2.24, 2.45) is 0 Å². The summed E-state index contributed by atoms with van der Waals surface area (Å²) < 4.78 is 7.23. The van der Waals surface area contributed by atoms with E-state index in [1.807, 2.05) is 12.1 Å². The van der Waals surface area contributed by atoms with Crippen LogP contribution in [0.4, 0.5) is 11.4 Å². The summed E-state index contributed by atoms with van der Waals surface area (Å²) in [5.74, 6) is 3.07. The molecule has 118 valence electrons. The lowest BCUT2D eigenvalue weighted by atomic mass is 10.2. The normalized spacial score (nSPS) is 9.96. The molecule has 0 spiro atoms. The Balaban J connectivity index is 2.21. The number of nitro benzene ring substituents is 1. The monoisotopic (exact) mass is 438 g/mol. The van der Waals surface area contributed by atoms with Crippen molar-refractivity contribution in [2.45, 2.75) is 6.54 Å². The molecule has 0 aliphatic rings. The summed E-state index contributed by atoms with van der Waals surface area (Å²) >= 11 is 6.87. The number of nitrogens with one attached hydrogen (secondary N) is 1. The smallest absolute Gasteiger partial charge is 0.271 e.